The van der Waals surface area contributed by atoms with Gasteiger partial charge in [0.15, 0.2) is 0 Å². The highest BCUT2D eigenvalue weighted by Gasteiger charge is 1.95. The van der Waals surface area contributed by atoms with Crippen LogP contribution in [0, 0.1) is 0 Å². The molecule has 0 bridgehead atoms. The maximum absolute atomic E-state index is 10.6. The number of hydrogen-bond acceptors (Lipinski definition) is 2. The van der Waals surface area contributed by atoms with E-state index in [9.17, 15) is 4.79 Å². The molecule has 0 unspecified atom stereocenters. The zero-order valence-corrected chi connectivity index (χ0v) is 9.95. The fraction of sp³-hybridized carbons (Fsp3) is 0.500. The zero-order valence-electron chi connectivity index (χ0n) is 9.95. The minimum atomic E-state index is 0.605. The number of carbonyl (C=O) groups excluding carboxylic acids is 1. The summed E-state index contributed by atoms with van der Waals surface area (Å²) in [6.07, 6.45) is 5.77. The Morgan fingerprint density at radius 3 is 2.88 bits per heavy atom. The topological polar surface area (TPSA) is 26.3 Å². The predicted molar refractivity (Wildman–Crippen MR) is 65.6 cm³/mol. The lowest BCUT2D eigenvalue weighted by molar-refractivity contribution is 0.111. The molecule has 0 saturated carbocycles. The third-order valence-electron chi connectivity index (χ3n) is 2.50. The van der Waals surface area contributed by atoms with E-state index < -0.39 is 0 Å². The highest BCUT2D eigenvalue weighted by Crippen LogP contribution is 2.06. The van der Waals surface area contributed by atoms with E-state index >= 15 is 0 Å². The van der Waals surface area contributed by atoms with Crippen molar-refractivity contribution in [1.82, 2.24) is 0 Å². The summed E-state index contributed by atoms with van der Waals surface area (Å²) >= 11 is 0. The van der Waals surface area contributed by atoms with Crippen LogP contribution in [0.4, 0.5) is 0 Å². The summed E-state index contributed by atoms with van der Waals surface area (Å²) in [6, 6.07) is 7.55. The first kappa shape index (κ1) is 12.9. The Morgan fingerprint density at radius 2 is 2.12 bits per heavy atom. The Labute approximate surface area is 97.6 Å². The van der Waals surface area contributed by atoms with Crippen molar-refractivity contribution < 1.29 is 9.53 Å². The second kappa shape index (κ2) is 8.05. The van der Waals surface area contributed by atoms with Crippen LogP contribution in [0.3, 0.4) is 0 Å². The van der Waals surface area contributed by atoms with Gasteiger partial charge in [-0.2, -0.15) is 0 Å². The quantitative estimate of drug-likeness (QED) is 0.494. The molecule has 0 saturated heterocycles. The van der Waals surface area contributed by atoms with Crippen molar-refractivity contribution in [2.75, 3.05) is 6.61 Å². The van der Waals surface area contributed by atoms with Gasteiger partial charge in [-0.25, -0.2) is 0 Å². The summed E-state index contributed by atoms with van der Waals surface area (Å²) in [4.78, 5) is 10.6. The molecule has 0 N–H and O–H groups in total. The molecular weight excluding hydrogens is 200 g/mol. The first-order valence-electron chi connectivity index (χ1n) is 5.98. The van der Waals surface area contributed by atoms with E-state index in [4.69, 9.17) is 4.74 Å². The number of ether oxygens (including phenoxy) is 1. The summed E-state index contributed by atoms with van der Waals surface area (Å²) in [5.74, 6) is 0. The number of aldehydes is 1. The lowest BCUT2D eigenvalue weighted by Gasteiger charge is -2.04. The second-order valence-electron chi connectivity index (χ2n) is 3.98. The van der Waals surface area contributed by atoms with E-state index in [1.165, 1.54) is 19.3 Å². The van der Waals surface area contributed by atoms with Crippen LogP contribution in [-0.4, -0.2) is 12.9 Å². The lowest BCUT2D eigenvalue weighted by atomic mass is 10.1. The molecule has 0 atom stereocenters. The Hall–Kier alpha value is -1.15. The molecule has 0 spiro atoms. The third-order valence-corrected chi connectivity index (χ3v) is 2.50. The minimum Gasteiger partial charge on any atom is -0.377 e. The van der Waals surface area contributed by atoms with Crippen LogP contribution < -0.4 is 0 Å². The average Bonchev–Trinajstić information content (AvgIpc) is 2.34. The van der Waals surface area contributed by atoms with E-state index in [2.05, 4.69) is 6.92 Å². The summed E-state index contributed by atoms with van der Waals surface area (Å²) in [7, 11) is 0. The number of carbonyl (C=O) groups is 1. The summed E-state index contributed by atoms with van der Waals surface area (Å²) < 4.78 is 5.55. The van der Waals surface area contributed by atoms with Crippen molar-refractivity contribution in [3.63, 3.8) is 0 Å². The monoisotopic (exact) mass is 220 g/mol. The molecular formula is C14H20O2. The number of rotatable bonds is 8. The van der Waals surface area contributed by atoms with Gasteiger partial charge < -0.3 is 4.74 Å². The second-order valence-corrected chi connectivity index (χ2v) is 3.98. The van der Waals surface area contributed by atoms with Crippen molar-refractivity contribution >= 4 is 6.29 Å². The van der Waals surface area contributed by atoms with Crippen LogP contribution in [0.2, 0.25) is 0 Å². The molecule has 0 aliphatic heterocycles. The molecule has 1 rings (SSSR count). The fourth-order valence-electron chi connectivity index (χ4n) is 1.58. The molecule has 0 aliphatic carbocycles. The molecule has 0 heterocycles. The van der Waals surface area contributed by atoms with Crippen molar-refractivity contribution in [2.45, 2.75) is 39.2 Å². The van der Waals surface area contributed by atoms with E-state index in [0.717, 1.165) is 24.9 Å². The van der Waals surface area contributed by atoms with Crippen molar-refractivity contribution in [3.8, 4) is 0 Å². The third kappa shape index (κ3) is 5.08. The fourth-order valence-corrected chi connectivity index (χ4v) is 1.58. The van der Waals surface area contributed by atoms with Gasteiger partial charge >= 0.3 is 0 Å². The maximum Gasteiger partial charge on any atom is 0.150 e. The van der Waals surface area contributed by atoms with Gasteiger partial charge in [0, 0.05) is 12.2 Å². The van der Waals surface area contributed by atoms with Crippen LogP contribution in [0.5, 0.6) is 0 Å². The van der Waals surface area contributed by atoms with Gasteiger partial charge in [0.2, 0.25) is 0 Å². The molecule has 1 aromatic carbocycles. The SMILES string of the molecule is CCCCCCOCc1cccc(C=O)c1. The minimum absolute atomic E-state index is 0.605. The Balaban J connectivity index is 2.18. The highest BCUT2D eigenvalue weighted by atomic mass is 16.5. The largest absolute Gasteiger partial charge is 0.377 e. The Kier molecular flexibility index (Phi) is 6.50. The van der Waals surface area contributed by atoms with Crippen LogP contribution in [0.25, 0.3) is 0 Å². The first-order chi connectivity index (χ1) is 7.86. The molecule has 0 fully saturated rings. The van der Waals surface area contributed by atoms with E-state index in [1.54, 1.807) is 6.07 Å². The van der Waals surface area contributed by atoms with E-state index in [-0.39, 0.29) is 0 Å². The standard InChI is InChI=1S/C14H20O2/c1-2-3-4-5-9-16-12-14-8-6-7-13(10-14)11-15/h6-8,10-11H,2-5,9,12H2,1H3. The number of benzene rings is 1. The summed E-state index contributed by atoms with van der Waals surface area (Å²) in [6.45, 7) is 3.62. The maximum atomic E-state index is 10.6. The van der Waals surface area contributed by atoms with Gasteiger partial charge in [-0.15, -0.1) is 0 Å². The van der Waals surface area contributed by atoms with Gasteiger partial charge in [-0.05, 0) is 18.1 Å². The van der Waals surface area contributed by atoms with Gasteiger partial charge in [-0.3, -0.25) is 4.79 Å². The molecule has 0 amide bonds. The summed E-state index contributed by atoms with van der Waals surface area (Å²) in [5.41, 5.74) is 1.78. The molecule has 2 nitrogen and oxygen atoms in total. The molecule has 16 heavy (non-hydrogen) atoms. The van der Waals surface area contributed by atoms with Gasteiger partial charge in [0.25, 0.3) is 0 Å². The van der Waals surface area contributed by atoms with E-state index in [0.29, 0.717) is 12.2 Å². The average molecular weight is 220 g/mol. The molecule has 1 aromatic rings. The number of hydrogen-bond donors (Lipinski definition) is 0. The molecule has 2 heteroatoms. The molecule has 88 valence electrons. The Morgan fingerprint density at radius 1 is 1.25 bits per heavy atom. The van der Waals surface area contributed by atoms with Gasteiger partial charge in [-0.1, -0.05) is 44.4 Å². The van der Waals surface area contributed by atoms with Crippen LogP contribution in [0.15, 0.2) is 24.3 Å². The smallest absolute Gasteiger partial charge is 0.150 e. The predicted octanol–water partition coefficient (Wildman–Crippen LogP) is 3.60. The zero-order chi connectivity index (χ0) is 11.6. The van der Waals surface area contributed by atoms with E-state index in [1.807, 2.05) is 18.2 Å². The Bertz CT molecular complexity index is 307. The molecule has 0 aromatic heterocycles. The normalized spacial score (nSPS) is 10.3. The van der Waals surface area contributed by atoms with Crippen LogP contribution in [-0.2, 0) is 11.3 Å². The highest BCUT2D eigenvalue weighted by molar-refractivity contribution is 5.74. The first-order valence-corrected chi connectivity index (χ1v) is 5.98. The van der Waals surface area contributed by atoms with Gasteiger partial charge in [0.1, 0.15) is 6.29 Å². The molecule has 0 aliphatic rings. The lowest BCUT2D eigenvalue weighted by Crippen LogP contribution is -1.96. The van der Waals surface area contributed by atoms with Gasteiger partial charge in [0.05, 0.1) is 6.61 Å². The van der Waals surface area contributed by atoms with Crippen LogP contribution in [0.1, 0.15) is 48.5 Å². The van der Waals surface area contributed by atoms with Crippen molar-refractivity contribution in [1.29, 1.82) is 0 Å². The molecule has 0 radical (unpaired) electrons. The number of unbranched alkanes of at least 4 members (excludes halogenated alkanes) is 3. The summed E-state index contributed by atoms with van der Waals surface area (Å²) in [5, 5.41) is 0. The van der Waals surface area contributed by atoms with Crippen molar-refractivity contribution in [3.05, 3.63) is 35.4 Å². The van der Waals surface area contributed by atoms with Crippen molar-refractivity contribution in [2.24, 2.45) is 0 Å². The van der Waals surface area contributed by atoms with Crippen LogP contribution >= 0.6 is 0 Å².